The van der Waals surface area contributed by atoms with E-state index in [9.17, 15) is 17.6 Å². The van der Waals surface area contributed by atoms with E-state index in [-0.39, 0.29) is 17.0 Å². The number of hydrogen-bond donors (Lipinski definition) is 0. The lowest BCUT2D eigenvalue weighted by atomic mass is 9.97. The van der Waals surface area contributed by atoms with Crippen molar-refractivity contribution in [3.63, 3.8) is 0 Å². The van der Waals surface area contributed by atoms with Gasteiger partial charge in [-0.05, 0) is 54.5 Å². The van der Waals surface area contributed by atoms with Gasteiger partial charge in [0.2, 0.25) is 0 Å². The van der Waals surface area contributed by atoms with Crippen LogP contribution in [0.2, 0.25) is 0 Å². The monoisotopic (exact) mass is 496 g/mol. The van der Waals surface area contributed by atoms with Gasteiger partial charge < -0.3 is 9.30 Å². The van der Waals surface area contributed by atoms with E-state index in [1.54, 1.807) is 49.8 Å². The minimum Gasteiger partial charge on any atom is -0.493 e. The largest absolute Gasteiger partial charge is 0.493 e. The van der Waals surface area contributed by atoms with E-state index in [2.05, 4.69) is 10.3 Å². The van der Waals surface area contributed by atoms with Gasteiger partial charge in [0.25, 0.3) is 5.56 Å². The average Bonchev–Trinajstić information content (AvgIpc) is 3.55. The van der Waals surface area contributed by atoms with E-state index in [0.717, 1.165) is 19.1 Å². The van der Waals surface area contributed by atoms with Crippen LogP contribution in [0.25, 0.3) is 33.2 Å². The fraction of sp³-hybridized carbons (Fsp3) is 0.320. The number of hydrogen-bond acceptors (Lipinski definition) is 6. The van der Waals surface area contributed by atoms with Crippen LogP contribution in [0.1, 0.15) is 12.8 Å². The molecule has 182 valence electrons. The Labute approximate surface area is 201 Å². The first-order chi connectivity index (χ1) is 16.7. The number of pyridine rings is 1. The molecule has 2 aromatic heterocycles. The smallest absolute Gasteiger partial charge is 0.258 e. The third kappa shape index (κ3) is 4.70. The molecule has 1 fully saturated rings. The number of ether oxygens (including phenoxy) is 1. The molecule has 0 aliphatic heterocycles. The molecule has 4 aromatic rings. The molecule has 0 unspecified atom stereocenters. The van der Waals surface area contributed by atoms with Crippen LogP contribution in [0.4, 0.5) is 4.39 Å². The van der Waals surface area contributed by atoms with E-state index in [4.69, 9.17) is 4.74 Å². The number of nitrogens with zero attached hydrogens (tertiary/aromatic N) is 4. The van der Waals surface area contributed by atoms with Gasteiger partial charge in [0, 0.05) is 41.6 Å². The summed E-state index contributed by atoms with van der Waals surface area (Å²) in [4.78, 5) is 13.1. The lowest BCUT2D eigenvalue weighted by molar-refractivity contribution is 0.301. The summed E-state index contributed by atoms with van der Waals surface area (Å²) in [7, 11) is -1.81. The molecule has 8 nitrogen and oxygen atoms in total. The van der Waals surface area contributed by atoms with E-state index in [1.807, 2.05) is 6.07 Å². The maximum atomic E-state index is 12.9. The Bertz CT molecular complexity index is 1590. The zero-order valence-electron chi connectivity index (χ0n) is 19.4. The van der Waals surface area contributed by atoms with Crippen LogP contribution in [-0.2, 0) is 23.4 Å². The van der Waals surface area contributed by atoms with Gasteiger partial charge in [-0.2, -0.15) is 0 Å². The maximum Gasteiger partial charge on any atom is 0.258 e. The predicted molar refractivity (Wildman–Crippen MR) is 131 cm³/mol. The topological polar surface area (TPSA) is 96.1 Å². The van der Waals surface area contributed by atoms with Gasteiger partial charge >= 0.3 is 0 Å². The lowest BCUT2D eigenvalue weighted by Crippen LogP contribution is -2.16. The quantitative estimate of drug-likeness (QED) is 0.370. The first kappa shape index (κ1) is 23.2. The molecule has 0 atom stereocenters. The van der Waals surface area contributed by atoms with Crippen molar-refractivity contribution in [3.05, 3.63) is 59.1 Å². The summed E-state index contributed by atoms with van der Waals surface area (Å²) in [5.74, 6) is 1.07. The highest BCUT2D eigenvalue weighted by atomic mass is 32.2. The highest BCUT2D eigenvalue weighted by Crippen LogP contribution is 2.38. The molecule has 0 spiro atoms. The van der Waals surface area contributed by atoms with Gasteiger partial charge in [0.05, 0.1) is 24.2 Å². The van der Waals surface area contributed by atoms with Crippen LogP contribution >= 0.6 is 0 Å². The van der Waals surface area contributed by atoms with Gasteiger partial charge in [-0.15, -0.1) is 5.10 Å². The zero-order chi connectivity index (χ0) is 24.7. The molecule has 0 saturated heterocycles. The van der Waals surface area contributed by atoms with Gasteiger partial charge in [-0.25, -0.2) is 17.5 Å². The number of benzene rings is 2. The summed E-state index contributed by atoms with van der Waals surface area (Å²) in [6.07, 6.45) is 6.74. The van der Waals surface area contributed by atoms with E-state index in [0.29, 0.717) is 51.4 Å². The predicted octanol–water partition coefficient (Wildman–Crippen LogP) is 3.63. The second kappa shape index (κ2) is 8.92. The Balaban J connectivity index is 1.72. The molecule has 35 heavy (non-hydrogen) atoms. The number of rotatable bonds is 8. The molecule has 2 heterocycles. The van der Waals surface area contributed by atoms with E-state index < -0.39 is 16.5 Å². The summed E-state index contributed by atoms with van der Waals surface area (Å²) in [6.45, 7) is 0.102. The van der Waals surface area contributed by atoms with Crippen molar-refractivity contribution in [3.8, 4) is 28.1 Å². The van der Waals surface area contributed by atoms with Gasteiger partial charge in [-0.3, -0.25) is 4.79 Å². The van der Waals surface area contributed by atoms with Crippen molar-refractivity contribution in [1.29, 1.82) is 0 Å². The van der Waals surface area contributed by atoms with Gasteiger partial charge in [-0.1, -0.05) is 11.3 Å². The van der Waals surface area contributed by atoms with Crippen LogP contribution in [0.3, 0.4) is 0 Å². The van der Waals surface area contributed by atoms with Crippen molar-refractivity contribution >= 4 is 20.6 Å². The summed E-state index contributed by atoms with van der Waals surface area (Å²) in [6, 6.07) is 10.1. The minimum absolute atomic E-state index is 0.104. The standard InChI is InChI=1S/C25H25FN4O4S/c1-29-13-22(21-12-18(35(2,32)33)6-8-24(21)34-15-16-3-4-16)20-11-17(5-7-19(20)25(29)31)23-14-30(10-9-26)28-27-23/h5-8,11-14,16H,3-4,9-10,15H2,1-2H3. The number of fused-ring (bicyclic) bond motifs is 1. The summed E-state index contributed by atoms with van der Waals surface area (Å²) in [5, 5.41) is 9.19. The van der Waals surface area contributed by atoms with E-state index >= 15 is 0 Å². The minimum atomic E-state index is -3.47. The van der Waals surface area contributed by atoms with Crippen LogP contribution in [0.15, 0.2) is 58.5 Å². The van der Waals surface area contributed by atoms with E-state index in [1.165, 1.54) is 9.25 Å². The van der Waals surface area contributed by atoms with Crippen molar-refractivity contribution in [1.82, 2.24) is 19.6 Å². The third-order valence-corrected chi connectivity index (χ3v) is 7.28. The SMILES string of the molecule is Cn1cc(-c2cc(S(C)(=O)=O)ccc2OCC2CC2)c2cc(-c3cn(CCF)nn3)ccc2c1=O. The zero-order valence-corrected chi connectivity index (χ0v) is 20.3. The molecular weight excluding hydrogens is 471 g/mol. The Hall–Kier alpha value is -3.53. The highest BCUT2D eigenvalue weighted by molar-refractivity contribution is 7.90. The number of aryl methyl sites for hydroxylation is 2. The van der Waals surface area contributed by atoms with Crippen molar-refractivity contribution in [2.24, 2.45) is 13.0 Å². The Morgan fingerprint density at radius 3 is 2.60 bits per heavy atom. The molecule has 0 N–H and O–H groups in total. The summed E-state index contributed by atoms with van der Waals surface area (Å²) < 4.78 is 46.4. The Morgan fingerprint density at radius 1 is 1.09 bits per heavy atom. The first-order valence-electron chi connectivity index (χ1n) is 11.3. The van der Waals surface area contributed by atoms with Crippen LogP contribution in [0, 0.1) is 5.92 Å². The lowest BCUT2D eigenvalue weighted by Gasteiger charge is -2.16. The van der Waals surface area contributed by atoms with Crippen LogP contribution < -0.4 is 10.3 Å². The Morgan fingerprint density at radius 2 is 1.89 bits per heavy atom. The average molecular weight is 497 g/mol. The third-order valence-electron chi connectivity index (χ3n) is 6.17. The number of alkyl halides is 1. The normalized spacial score (nSPS) is 13.9. The second-order valence-electron chi connectivity index (χ2n) is 8.96. The molecule has 1 saturated carbocycles. The van der Waals surface area contributed by atoms with Crippen LogP contribution in [0.5, 0.6) is 5.75 Å². The molecular formula is C25H25FN4O4S. The molecule has 0 bridgehead atoms. The van der Waals surface area contributed by atoms with Gasteiger partial charge in [0.15, 0.2) is 9.84 Å². The first-order valence-corrected chi connectivity index (χ1v) is 13.2. The molecule has 2 aromatic carbocycles. The molecule has 0 amide bonds. The summed E-state index contributed by atoms with van der Waals surface area (Å²) >= 11 is 0. The number of halogens is 1. The fourth-order valence-corrected chi connectivity index (χ4v) is 4.68. The van der Waals surface area contributed by atoms with Crippen molar-refractivity contribution < 1.29 is 17.5 Å². The molecule has 0 radical (unpaired) electrons. The van der Waals surface area contributed by atoms with Crippen LogP contribution in [-0.4, -0.2) is 47.5 Å². The number of aromatic nitrogens is 4. The van der Waals surface area contributed by atoms with Crippen molar-refractivity contribution in [2.75, 3.05) is 19.5 Å². The maximum absolute atomic E-state index is 12.9. The second-order valence-corrected chi connectivity index (χ2v) is 11.0. The fourth-order valence-electron chi connectivity index (χ4n) is 4.03. The number of sulfone groups is 1. The van der Waals surface area contributed by atoms with Crippen molar-refractivity contribution in [2.45, 2.75) is 24.3 Å². The molecule has 1 aliphatic carbocycles. The molecule has 10 heteroatoms. The highest BCUT2D eigenvalue weighted by Gasteiger charge is 2.24. The summed E-state index contributed by atoms with van der Waals surface area (Å²) in [5.41, 5.74) is 2.32. The molecule has 1 aliphatic rings. The molecule has 5 rings (SSSR count). The Kier molecular flexibility index (Phi) is 5.92. The van der Waals surface area contributed by atoms with Gasteiger partial charge in [0.1, 0.15) is 18.1 Å².